The summed E-state index contributed by atoms with van der Waals surface area (Å²) in [5, 5.41) is 2.86. The summed E-state index contributed by atoms with van der Waals surface area (Å²) >= 11 is 0. The zero-order valence-corrected chi connectivity index (χ0v) is 18.3. The number of rotatable bonds is 5. The van der Waals surface area contributed by atoms with Gasteiger partial charge >= 0.3 is 0 Å². The van der Waals surface area contributed by atoms with E-state index in [0.29, 0.717) is 23.5 Å². The quantitative estimate of drug-likeness (QED) is 0.486. The smallest absolute Gasteiger partial charge is 0.245 e. The van der Waals surface area contributed by atoms with Crippen molar-refractivity contribution in [2.75, 3.05) is 4.90 Å². The highest BCUT2D eigenvalue weighted by molar-refractivity contribution is 6.13. The molecule has 0 fully saturated rings. The van der Waals surface area contributed by atoms with E-state index in [4.69, 9.17) is 0 Å². The second-order valence-electron chi connectivity index (χ2n) is 8.27. The molecule has 3 aromatic rings. The average Bonchev–Trinajstić information content (AvgIpc) is 2.78. The Kier molecular flexibility index (Phi) is 5.86. The van der Waals surface area contributed by atoms with E-state index in [9.17, 15) is 14.4 Å². The number of hydrogen-bond donors (Lipinski definition) is 1. The van der Waals surface area contributed by atoms with Crippen LogP contribution in [0.2, 0.25) is 0 Å². The second kappa shape index (κ2) is 8.75. The molecule has 1 atom stereocenters. The van der Waals surface area contributed by atoms with Crippen molar-refractivity contribution in [3.05, 3.63) is 78.0 Å². The van der Waals surface area contributed by atoms with Gasteiger partial charge in [-0.05, 0) is 68.1 Å². The van der Waals surface area contributed by atoms with Gasteiger partial charge in [-0.15, -0.1) is 0 Å². The van der Waals surface area contributed by atoms with Crippen LogP contribution in [0.1, 0.15) is 36.7 Å². The predicted octanol–water partition coefficient (Wildman–Crippen LogP) is 4.31. The van der Waals surface area contributed by atoms with E-state index >= 15 is 0 Å². The lowest BCUT2D eigenvalue weighted by molar-refractivity contribution is -0.134. The Labute approximate surface area is 187 Å². The SMILES string of the molecule is CC(=O)c1cccc(-c2cccc(N3C(=O)C(C(=O)NC(C)C)Cc4cccnc43)c2)c1. The number of amides is 2. The minimum atomic E-state index is -0.821. The van der Waals surface area contributed by atoms with Gasteiger partial charge in [-0.3, -0.25) is 19.3 Å². The Morgan fingerprint density at radius 1 is 1.03 bits per heavy atom. The van der Waals surface area contributed by atoms with Crippen LogP contribution in [0.15, 0.2) is 66.9 Å². The molecule has 1 aliphatic heterocycles. The molecule has 1 unspecified atom stereocenters. The van der Waals surface area contributed by atoms with Crippen LogP contribution in [-0.2, 0) is 16.0 Å². The zero-order chi connectivity index (χ0) is 22.8. The molecule has 1 aromatic heterocycles. The molecule has 2 heterocycles. The van der Waals surface area contributed by atoms with E-state index in [0.717, 1.165) is 16.7 Å². The van der Waals surface area contributed by atoms with Gasteiger partial charge in [0.05, 0.1) is 5.69 Å². The highest BCUT2D eigenvalue weighted by Crippen LogP contribution is 2.36. The lowest BCUT2D eigenvalue weighted by Crippen LogP contribution is -2.47. The van der Waals surface area contributed by atoms with Crippen molar-refractivity contribution in [2.24, 2.45) is 5.92 Å². The third kappa shape index (κ3) is 4.17. The number of ketones is 1. The number of anilines is 2. The number of Topliss-reactive ketones (excluding diaryl/α,β-unsaturated/α-hetero) is 1. The summed E-state index contributed by atoms with van der Waals surface area (Å²) in [4.78, 5) is 44.0. The second-order valence-corrected chi connectivity index (χ2v) is 8.27. The number of hydrogen-bond acceptors (Lipinski definition) is 4. The fraction of sp³-hybridized carbons (Fsp3) is 0.231. The van der Waals surface area contributed by atoms with Crippen molar-refractivity contribution in [1.29, 1.82) is 0 Å². The van der Waals surface area contributed by atoms with E-state index in [-0.39, 0.29) is 23.6 Å². The topological polar surface area (TPSA) is 79.4 Å². The fourth-order valence-electron chi connectivity index (χ4n) is 3.94. The molecule has 32 heavy (non-hydrogen) atoms. The Balaban J connectivity index is 1.77. The van der Waals surface area contributed by atoms with Gasteiger partial charge in [-0.1, -0.05) is 36.4 Å². The van der Waals surface area contributed by atoms with Gasteiger partial charge in [0.1, 0.15) is 11.7 Å². The fourth-order valence-corrected chi connectivity index (χ4v) is 3.94. The van der Waals surface area contributed by atoms with Gasteiger partial charge in [0.25, 0.3) is 0 Å². The average molecular weight is 428 g/mol. The van der Waals surface area contributed by atoms with Gasteiger partial charge in [0.2, 0.25) is 11.8 Å². The van der Waals surface area contributed by atoms with E-state index in [1.807, 2.05) is 68.4 Å². The highest BCUT2D eigenvalue weighted by Gasteiger charge is 2.39. The largest absolute Gasteiger partial charge is 0.353 e. The first kappa shape index (κ1) is 21.4. The molecule has 0 aliphatic carbocycles. The number of fused-ring (bicyclic) bond motifs is 1. The third-order valence-electron chi connectivity index (χ3n) is 5.48. The molecular weight excluding hydrogens is 402 g/mol. The standard InChI is InChI=1S/C26H25N3O3/c1-16(2)28-25(31)23-15-21-10-6-12-27-24(21)29(26(23)32)22-11-5-9-20(14-22)19-8-4-7-18(13-19)17(3)30/h4-14,16,23H,15H2,1-3H3,(H,28,31). The number of nitrogens with one attached hydrogen (secondary N) is 1. The van der Waals surface area contributed by atoms with Crippen LogP contribution in [0.25, 0.3) is 11.1 Å². The molecule has 6 heteroatoms. The lowest BCUT2D eigenvalue weighted by Gasteiger charge is -2.33. The number of pyridine rings is 1. The van der Waals surface area contributed by atoms with Crippen LogP contribution >= 0.6 is 0 Å². The van der Waals surface area contributed by atoms with Crippen molar-refractivity contribution in [2.45, 2.75) is 33.2 Å². The molecule has 162 valence electrons. The lowest BCUT2D eigenvalue weighted by atomic mass is 9.92. The summed E-state index contributed by atoms with van der Waals surface area (Å²) in [6.07, 6.45) is 1.96. The first-order chi connectivity index (χ1) is 15.3. The van der Waals surface area contributed by atoms with Crippen LogP contribution < -0.4 is 10.2 Å². The summed E-state index contributed by atoms with van der Waals surface area (Å²) in [5.41, 5.74) is 3.84. The molecule has 2 aromatic carbocycles. The van der Waals surface area contributed by atoms with Gasteiger partial charge in [0.15, 0.2) is 5.78 Å². The zero-order valence-electron chi connectivity index (χ0n) is 18.3. The number of carbonyl (C=O) groups is 3. The summed E-state index contributed by atoms with van der Waals surface area (Å²) in [6, 6.07) is 18.5. The molecule has 0 saturated carbocycles. The van der Waals surface area contributed by atoms with Crippen LogP contribution in [0.4, 0.5) is 11.5 Å². The molecular formula is C26H25N3O3. The maximum atomic E-state index is 13.5. The molecule has 1 N–H and O–H groups in total. The van der Waals surface area contributed by atoms with E-state index in [1.165, 1.54) is 11.8 Å². The van der Waals surface area contributed by atoms with Gasteiger partial charge in [0, 0.05) is 17.8 Å². The number of benzene rings is 2. The van der Waals surface area contributed by atoms with Gasteiger partial charge < -0.3 is 5.32 Å². The molecule has 0 bridgehead atoms. The minimum absolute atomic E-state index is 0.00801. The number of carbonyl (C=O) groups excluding carboxylic acids is 3. The van der Waals surface area contributed by atoms with Crippen LogP contribution in [0.5, 0.6) is 0 Å². The summed E-state index contributed by atoms with van der Waals surface area (Å²) < 4.78 is 0. The molecule has 2 amide bonds. The van der Waals surface area contributed by atoms with Crippen LogP contribution in [-0.4, -0.2) is 28.6 Å². The normalized spacial score (nSPS) is 15.4. The van der Waals surface area contributed by atoms with Crippen molar-refractivity contribution >= 4 is 29.1 Å². The summed E-state index contributed by atoms with van der Waals surface area (Å²) in [5.74, 6) is -0.871. The summed E-state index contributed by atoms with van der Waals surface area (Å²) in [7, 11) is 0. The molecule has 4 rings (SSSR count). The molecule has 0 spiro atoms. The Hall–Kier alpha value is -3.80. The highest BCUT2D eigenvalue weighted by atomic mass is 16.2. The van der Waals surface area contributed by atoms with Crippen LogP contribution in [0, 0.1) is 5.92 Å². The van der Waals surface area contributed by atoms with E-state index in [2.05, 4.69) is 10.3 Å². The Morgan fingerprint density at radius 2 is 1.75 bits per heavy atom. The molecule has 6 nitrogen and oxygen atoms in total. The summed E-state index contributed by atoms with van der Waals surface area (Å²) in [6.45, 7) is 5.28. The molecule has 1 aliphatic rings. The maximum Gasteiger partial charge on any atom is 0.245 e. The monoisotopic (exact) mass is 427 g/mol. The van der Waals surface area contributed by atoms with Gasteiger partial charge in [-0.25, -0.2) is 4.98 Å². The van der Waals surface area contributed by atoms with E-state index < -0.39 is 5.92 Å². The number of aromatic nitrogens is 1. The van der Waals surface area contributed by atoms with Crippen LogP contribution in [0.3, 0.4) is 0 Å². The third-order valence-corrected chi connectivity index (χ3v) is 5.48. The molecule has 0 radical (unpaired) electrons. The Morgan fingerprint density at radius 3 is 2.47 bits per heavy atom. The Bertz CT molecular complexity index is 1200. The number of nitrogens with zero attached hydrogens (tertiary/aromatic N) is 2. The van der Waals surface area contributed by atoms with Crippen molar-refractivity contribution in [3.8, 4) is 11.1 Å². The van der Waals surface area contributed by atoms with Gasteiger partial charge in [-0.2, -0.15) is 0 Å². The molecule has 0 saturated heterocycles. The van der Waals surface area contributed by atoms with E-state index in [1.54, 1.807) is 12.3 Å². The maximum absolute atomic E-state index is 13.5. The first-order valence-corrected chi connectivity index (χ1v) is 10.6. The van der Waals surface area contributed by atoms with Crippen molar-refractivity contribution in [1.82, 2.24) is 10.3 Å². The van der Waals surface area contributed by atoms with Crippen molar-refractivity contribution in [3.63, 3.8) is 0 Å². The first-order valence-electron chi connectivity index (χ1n) is 10.6. The van der Waals surface area contributed by atoms with Crippen molar-refractivity contribution < 1.29 is 14.4 Å². The minimum Gasteiger partial charge on any atom is -0.353 e. The predicted molar refractivity (Wildman–Crippen MR) is 124 cm³/mol.